The van der Waals surface area contributed by atoms with Crippen molar-refractivity contribution in [3.05, 3.63) is 47.3 Å². The topological polar surface area (TPSA) is 44.5 Å². The van der Waals surface area contributed by atoms with Gasteiger partial charge in [-0.2, -0.15) is 0 Å². The van der Waals surface area contributed by atoms with Gasteiger partial charge in [0.2, 0.25) is 0 Å². The third-order valence-electron chi connectivity index (χ3n) is 2.61. The molecule has 3 aliphatic rings. The predicted octanol–water partition coefficient (Wildman–Crippen LogP) is 1.35. The molecular formula is C11H11NO2. The fraction of sp³-hybridized carbons (Fsp3) is 0.273. The number of hydrogen-bond donors (Lipinski definition) is 1. The average molecular weight is 189 g/mol. The molecule has 2 atom stereocenters. The van der Waals surface area contributed by atoms with Crippen LogP contribution >= 0.6 is 0 Å². The Kier molecular flexibility index (Phi) is 1.63. The molecule has 0 bridgehead atoms. The van der Waals surface area contributed by atoms with Crippen molar-refractivity contribution in [2.45, 2.75) is 18.9 Å². The van der Waals surface area contributed by atoms with E-state index in [-0.39, 0.29) is 6.10 Å². The summed E-state index contributed by atoms with van der Waals surface area (Å²) in [4.78, 5) is 0. The van der Waals surface area contributed by atoms with Gasteiger partial charge in [0, 0.05) is 5.57 Å². The minimum Gasteiger partial charge on any atom is -0.452 e. The smallest absolute Gasteiger partial charge is 0.257 e. The van der Waals surface area contributed by atoms with E-state index in [1.54, 1.807) is 0 Å². The van der Waals surface area contributed by atoms with Crippen molar-refractivity contribution in [2.24, 2.45) is 5.73 Å². The molecule has 2 unspecified atom stereocenters. The van der Waals surface area contributed by atoms with Gasteiger partial charge in [-0.15, -0.1) is 0 Å². The van der Waals surface area contributed by atoms with E-state index in [0.29, 0.717) is 0 Å². The highest BCUT2D eigenvalue weighted by Gasteiger charge is 2.33. The first-order valence-corrected chi connectivity index (χ1v) is 4.71. The molecule has 0 amide bonds. The maximum atomic E-state index is 5.57. The number of fused-ring (bicyclic) bond motifs is 2. The van der Waals surface area contributed by atoms with Gasteiger partial charge in [-0.05, 0) is 18.1 Å². The lowest BCUT2D eigenvalue weighted by Gasteiger charge is -2.18. The number of ether oxygens (including phenoxy) is 2. The SMILES string of the molecule is NC1OC2=C3CC=CC=C3C=CC2O1. The Morgan fingerprint density at radius 1 is 1.43 bits per heavy atom. The van der Waals surface area contributed by atoms with Crippen LogP contribution in [0.15, 0.2) is 47.3 Å². The molecule has 1 fully saturated rings. The molecule has 3 nitrogen and oxygen atoms in total. The summed E-state index contributed by atoms with van der Waals surface area (Å²) in [6.45, 7) is 0. The minimum absolute atomic E-state index is 0.0800. The molecule has 14 heavy (non-hydrogen) atoms. The summed E-state index contributed by atoms with van der Waals surface area (Å²) in [5.74, 6) is 0.885. The van der Waals surface area contributed by atoms with Crippen LogP contribution in [0.1, 0.15) is 6.42 Å². The van der Waals surface area contributed by atoms with E-state index in [9.17, 15) is 0 Å². The van der Waals surface area contributed by atoms with Gasteiger partial charge in [0.15, 0.2) is 0 Å². The zero-order chi connectivity index (χ0) is 9.54. The third-order valence-corrected chi connectivity index (χ3v) is 2.61. The van der Waals surface area contributed by atoms with Crippen LogP contribution in [0.2, 0.25) is 0 Å². The number of hydrogen-bond acceptors (Lipinski definition) is 3. The van der Waals surface area contributed by atoms with Crippen LogP contribution in [-0.4, -0.2) is 12.5 Å². The molecule has 0 saturated carbocycles. The van der Waals surface area contributed by atoms with Crippen molar-refractivity contribution >= 4 is 0 Å². The Bertz CT molecular complexity index is 390. The second-order valence-electron chi connectivity index (χ2n) is 3.50. The molecule has 1 saturated heterocycles. The molecule has 0 spiro atoms. The van der Waals surface area contributed by atoms with Gasteiger partial charge in [-0.1, -0.05) is 24.3 Å². The molecule has 1 heterocycles. The molecule has 2 N–H and O–H groups in total. The van der Waals surface area contributed by atoms with Crippen LogP contribution < -0.4 is 5.73 Å². The highest BCUT2D eigenvalue weighted by Crippen LogP contribution is 2.35. The maximum absolute atomic E-state index is 5.57. The summed E-state index contributed by atoms with van der Waals surface area (Å²) in [5.41, 5.74) is 7.97. The third kappa shape index (κ3) is 1.06. The number of allylic oxidation sites excluding steroid dienone is 6. The molecule has 0 aromatic rings. The Hall–Kier alpha value is -1.32. The van der Waals surface area contributed by atoms with E-state index in [2.05, 4.69) is 24.3 Å². The Balaban J connectivity index is 2.07. The Morgan fingerprint density at radius 3 is 3.29 bits per heavy atom. The standard InChI is InChI=1S/C11H11NO2/c12-11-13-9-6-5-7-3-1-2-4-8(7)10(9)14-11/h1-3,5-6,9,11H,4,12H2. The molecule has 0 aromatic carbocycles. The van der Waals surface area contributed by atoms with Crippen molar-refractivity contribution in [3.8, 4) is 0 Å². The average Bonchev–Trinajstić information content (AvgIpc) is 2.59. The maximum Gasteiger partial charge on any atom is 0.257 e. The molecule has 3 heteroatoms. The number of nitrogens with two attached hydrogens (primary N) is 1. The zero-order valence-electron chi connectivity index (χ0n) is 7.64. The summed E-state index contributed by atoms with van der Waals surface area (Å²) in [7, 11) is 0. The van der Waals surface area contributed by atoms with E-state index in [1.165, 1.54) is 11.1 Å². The molecule has 0 radical (unpaired) electrons. The van der Waals surface area contributed by atoms with Crippen molar-refractivity contribution in [3.63, 3.8) is 0 Å². The number of rotatable bonds is 0. The van der Waals surface area contributed by atoms with E-state index in [4.69, 9.17) is 15.2 Å². The second-order valence-corrected chi connectivity index (χ2v) is 3.50. The summed E-state index contributed by atoms with van der Waals surface area (Å²) in [6.07, 6.45) is 10.5. The van der Waals surface area contributed by atoms with Crippen molar-refractivity contribution in [1.82, 2.24) is 0 Å². The lowest BCUT2D eigenvalue weighted by atomic mass is 9.91. The Morgan fingerprint density at radius 2 is 2.36 bits per heavy atom. The van der Waals surface area contributed by atoms with Gasteiger partial charge in [-0.25, -0.2) is 0 Å². The molecule has 3 rings (SSSR count). The quantitative estimate of drug-likeness (QED) is 0.625. The van der Waals surface area contributed by atoms with Crippen molar-refractivity contribution in [2.75, 3.05) is 0 Å². The fourth-order valence-corrected chi connectivity index (χ4v) is 1.97. The van der Waals surface area contributed by atoms with Crippen LogP contribution in [0, 0.1) is 0 Å². The molecular weight excluding hydrogens is 178 g/mol. The largest absolute Gasteiger partial charge is 0.452 e. The zero-order valence-corrected chi connectivity index (χ0v) is 7.64. The van der Waals surface area contributed by atoms with Crippen LogP contribution in [0.3, 0.4) is 0 Å². The van der Waals surface area contributed by atoms with Crippen molar-refractivity contribution in [1.29, 1.82) is 0 Å². The summed E-state index contributed by atoms with van der Waals surface area (Å²) >= 11 is 0. The van der Waals surface area contributed by atoms with Gasteiger partial charge >= 0.3 is 0 Å². The van der Waals surface area contributed by atoms with Gasteiger partial charge in [0.05, 0.1) is 0 Å². The van der Waals surface area contributed by atoms with Crippen LogP contribution in [-0.2, 0) is 9.47 Å². The highest BCUT2D eigenvalue weighted by atomic mass is 16.7. The van der Waals surface area contributed by atoms with E-state index in [1.807, 2.05) is 6.08 Å². The lowest BCUT2D eigenvalue weighted by molar-refractivity contribution is -0.0381. The minimum atomic E-state index is -0.614. The fourth-order valence-electron chi connectivity index (χ4n) is 1.97. The molecule has 72 valence electrons. The van der Waals surface area contributed by atoms with Crippen LogP contribution in [0.5, 0.6) is 0 Å². The Labute approximate surface area is 82.2 Å². The second kappa shape index (κ2) is 2.83. The van der Waals surface area contributed by atoms with E-state index >= 15 is 0 Å². The van der Waals surface area contributed by atoms with Crippen molar-refractivity contribution < 1.29 is 9.47 Å². The lowest BCUT2D eigenvalue weighted by Crippen LogP contribution is -2.20. The van der Waals surface area contributed by atoms with E-state index < -0.39 is 6.41 Å². The predicted molar refractivity (Wildman–Crippen MR) is 51.9 cm³/mol. The summed E-state index contributed by atoms with van der Waals surface area (Å²) < 4.78 is 10.8. The van der Waals surface area contributed by atoms with Gasteiger partial charge in [0.25, 0.3) is 6.41 Å². The van der Waals surface area contributed by atoms with Gasteiger partial charge in [0.1, 0.15) is 11.9 Å². The van der Waals surface area contributed by atoms with Gasteiger partial charge < -0.3 is 9.47 Å². The summed E-state index contributed by atoms with van der Waals surface area (Å²) in [5, 5.41) is 0. The monoisotopic (exact) mass is 189 g/mol. The molecule has 2 aliphatic carbocycles. The first kappa shape index (κ1) is 8.03. The normalized spacial score (nSPS) is 33.6. The first-order valence-electron chi connectivity index (χ1n) is 4.71. The molecule has 0 aromatic heterocycles. The van der Waals surface area contributed by atoms with Gasteiger partial charge in [-0.3, -0.25) is 5.73 Å². The highest BCUT2D eigenvalue weighted by molar-refractivity contribution is 5.52. The van der Waals surface area contributed by atoms with Crippen LogP contribution in [0.4, 0.5) is 0 Å². The van der Waals surface area contributed by atoms with E-state index in [0.717, 1.165) is 12.2 Å². The first-order chi connectivity index (χ1) is 6.84. The molecule has 1 aliphatic heterocycles. The van der Waals surface area contributed by atoms with Crippen LogP contribution in [0.25, 0.3) is 0 Å². The summed E-state index contributed by atoms with van der Waals surface area (Å²) in [6, 6.07) is 0.